The van der Waals surface area contributed by atoms with E-state index < -0.39 is 0 Å². The fourth-order valence-electron chi connectivity index (χ4n) is 4.15. The molecule has 1 saturated carbocycles. The summed E-state index contributed by atoms with van der Waals surface area (Å²) in [5.74, 6) is 0.395. The second-order valence-electron chi connectivity index (χ2n) is 8.40. The summed E-state index contributed by atoms with van der Waals surface area (Å²) in [7, 11) is 0. The van der Waals surface area contributed by atoms with Gasteiger partial charge in [-0.3, -0.25) is 9.36 Å². The largest absolute Gasteiger partial charge is 0.394 e. The van der Waals surface area contributed by atoms with Crippen molar-refractivity contribution in [3.05, 3.63) is 33.9 Å². The van der Waals surface area contributed by atoms with E-state index in [-0.39, 0.29) is 40.6 Å². The van der Waals surface area contributed by atoms with Crippen LogP contribution in [0.1, 0.15) is 44.2 Å². The van der Waals surface area contributed by atoms with E-state index in [1.807, 2.05) is 17.6 Å². The van der Waals surface area contributed by atoms with Crippen LogP contribution in [0, 0.1) is 17.2 Å². The third-order valence-corrected chi connectivity index (χ3v) is 6.55. The van der Waals surface area contributed by atoms with Crippen LogP contribution in [-0.2, 0) is 4.79 Å². The highest BCUT2D eigenvalue weighted by atomic mass is 35.5. The number of aliphatic hydroxyl groups is 1. The molecular formula is C22H24Cl2N8O2. The number of fused-ring (bicyclic) bond motifs is 1. The lowest BCUT2D eigenvalue weighted by atomic mass is 9.85. The molecule has 2 aromatic heterocycles. The van der Waals surface area contributed by atoms with Crippen LogP contribution < -0.4 is 16.4 Å². The Morgan fingerprint density at radius 3 is 2.56 bits per heavy atom. The van der Waals surface area contributed by atoms with E-state index in [2.05, 4.69) is 25.6 Å². The van der Waals surface area contributed by atoms with Crippen molar-refractivity contribution in [1.29, 1.82) is 5.26 Å². The van der Waals surface area contributed by atoms with E-state index in [1.165, 1.54) is 12.1 Å². The molecule has 2 heterocycles. The molecule has 1 aromatic carbocycles. The van der Waals surface area contributed by atoms with Gasteiger partial charge in [-0.2, -0.15) is 10.2 Å². The number of benzene rings is 1. The molecule has 1 fully saturated rings. The maximum atomic E-state index is 11.7. The number of hydrogen-bond donors (Lipinski definition) is 4. The van der Waals surface area contributed by atoms with Crippen LogP contribution >= 0.6 is 23.2 Å². The molecule has 0 spiro atoms. The Bertz CT molecular complexity index is 1240. The van der Waals surface area contributed by atoms with Gasteiger partial charge in [-0.1, -0.05) is 23.2 Å². The predicted molar refractivity (Wildman–Crippen MR) is 130 cm³/mol. The summed E-state index contributed by atoms with van der Waals surface area (Å²) in [4.78, 5) is 25.3. The summed E-state index contributed by atoms with van der Waals surface area (Å²) in [6, 6.07) is 4.85. The summed E-state index contributed by atoms with van der Waals surface area (Å²) in [6.45, 7) is 1.75. The van der Waals surface area contributed by atoms with E-state index in [0.717, 1.165) is 0 Å². The molecule has 0 aliphatic heterocycles. The number of nitrogens with one attached hydrogen (secondary N) is 2. The molecule has 178 valence electrons. The third-order valence-electron chi connectivity index (χ3n) is 5.95. The number of nitriles is 1. The number of carbonyl (C=O) groups is 1. The Kier molecular flexibility index (Phi) is 7.07. The van der Waals surface area contributed by atoms with E-state index in [4.69, 9.17) is 34.2 Å². The van der Waals surface area contributed by atoms with Crippen LogP contribution in [0.4, 0.5) is 17.6 Å². The Hall–Kier alpha value is -3.13. The molecule has 1 atom stereocenters. The van der Waals surface area contributed by atoms with Gasteiger partial charge < -0.3 is 21.5 Å². The average molecular weight is 503 g/mol. The molecule has 1 unspecified atom stereocenters. The highest BCUT2D eigenvalue weighted by Crippen LogP contribution is 2.39. The quantitative estimate of drug-likeness (QED) is 0.380. The van der Waals surface area contributed by atoms with E-state index in [1.54, 1.807) is 6.20 Å². The highest BCUT2D eigenvalue weighted by Gasteiger charge is 2.29. The first-order chi connectivity index (χ1) is 16.3. The van der Waals surface area contributed by atoms with Crippen LogP contribution in [0.3, 0.4) is 0 Å². The Labute approximate surface area is 206 Å². The highest BCUT2D eigenvalue weighted by molar-refractivity contribution is 6.39. The summed E-state index contributed by atoms with van der Waals surface area (Å²) in [6.07, 6.45) is 4.35. The van der Waals surface area contributed by atoms with Gasteiger partial charge in [0.2, 0.25) is 17.8 Å². The molecule has 4 rings (SSSR count). The molecule has 1 aliphatic rings. The van der Waals surface area contributed by atoms with Crippen molar-refractivity contribution in [2.45, 2.75) is 44.7 Å². The van der Waals surface area contributed by atoms with Gasteiger partial charge in [0.05, 0.1) is 40.2 Å². The minimum atomic E-state index is -0.282. The van der Waals surface area contributed by atoms with Crippen LogP contribution in [0.15, 0.2) is 18.3 Å². The first-order valence-electron chi connectivity index (χ1n) is 10.9. The van der Waals surface area contributed by atoms with Gasteiger partial charge in [0.25, 0.3) is 0 Å². The molecule has 12 heteroatoms. The van der Waals surface area contributed by atoms with Gasteiger partial charge in [0, 0.05) is 18.0 Å². The predicted octanol–water partition coefficient (Wildman–Crippen LogP) is 3.76. The second-order valence-corrected chi connectivity index (χ2v) is 9.21. The fourth-order valence-corrected chi connectivity index (χ4v) is 4.73. The van der Waals surface area contributed by atoms with Crippen molar-refractivity contribution in [3.63, 3.8) is 0 Å². The number of halogens is 2. The first kappa shape index (κ1) is 24.0. The summed E-state index contributed by atoms with van der Waals surface area (Å²) in [5, 5.41) is 25.4. The van der Waals surface area contributed by atoms with Gasteiger partial charge in [0.1, 0.15) is 5.52 Å². The number of rotatable bonds is 7. The minimum absolute atomic E-state index is 0.00273. The lowest BCUT2D eigenvalue weighted by Gasteiger charge is -2.29. The monoisotopic (exact) mass is 502 g/mol. The molecule has 34 heavy (non-hydrogen) atoms. The summed E-state index contributed by atoms with van der Waals surface area (Å²) in [5.41, 5.74) is 7.43. The summed E-state index contributed by atoms with van der Waals surface area (Å²) >= 11 is 12.8. The van der Waals surface area contributed by atoms with Gasteiger partial charge in [-0.15, -0.1) is 0 Å². The topological polar surface area (TPSA) is 155 Å². The molecule has 5 N–H and O–H groups in total. The third kappa shape index (κ3) is 4.87. The van der Waals surface area contributed by atoms with E-state index in [9.17, 15) is 9.90 Å². The number of aromatic nitrogens is 4. The lowest BCUT2D eigenvalue weighted by molar-refractivity contribution is -0.122. The molecule has 3 aromatic rings. The van der Waals surface area contributed by atoms with Crippen molar-refractivity contribution in [1.82, 2.24) is 19.5 Å². The molecule has 10 nitrogen and oxygen atoms in total. The van der Waals surface area contributed by atoms with Crippen molar-refractivity contribution in [2.75, 3.05) is 17.2 Å². The number of primary amides is 1. The minimum Gasteiger partial charge on any atom is -0.394 e. The Morgan fingerprint density at radius 1 is 1.29 bits per heavy atom. The number of imidazole rings is 1. The molecule has 0 bridgehead atoms. The fraction of sp³-hybridized carbons (Fsp3) is 0.409. The van der Waals surface area contributed by atoms with Gasteiger partial charge in [-0.25, -0.2) is 9.97 Å². The van der Waals surface area contributed by atoms with Crippen molar-refractivity contribution >= 4 is 57.9 Å². The van der Waals surface area contributed by atoms with Crippen molar-refractivity contribution in [2.24, 2.45) is 11.7 Å². The maximum Gasteiger partial charge on any atom is 0.225 e. The number of amides is 1. The average Bonchev–Trinajstić information content (AvgIpc) is 3.18. The van der Waals surface area contributed by atoms with Crippen LogP contribution in [0.2, 0.25) is 10.0 Å². The Morgan fingerprint density at radius 2 is 1.97 bits per heavy atom. The summed E-state index contributed by atoms with van der Waals surface area (Å²) < 4.78 is 1.97. The molecular weight excluding hydrogens is 479 g/mol. The van der Waals surface area contributed by atoms with E-state index in [0.29, 0.717) is 60.0 Å². The normalized spacial score (nSPS) is 18.9. The molecule has 1 aliphatic carbocycles. The first-order valence-corrected chi connectivity index (χ1v) is 11.6. The number of aliphatic hydroxyl groups excluding tert-OH is 1. The standard InChI is InChI=1S/C22H24Cl2N8O2/c1-11(10-33)28-21-27-9-17-20(31-21)32(14-4-2-13(3-5-14)19(26)34)22(29-17)30-18-15(23)6-12(8-25)7-16(18)24/h6-7,9,11,13-14,33H,2-5,10H2,1H3,(H2,26,34)(H,29,30)(H,27,28,31). The van der Waals surface area contributed by atoms with Crippen molar-refractivity contribution < 1.29 is 9.90 Å². The van der Waals surface area contributed by atoms with Gasteiger partial charge in [0.15, 0.2) is 5.65 Å². The van der Waals surface area contributed by atoms with Gasteiger partial charge >= 0.3 is 0 Å². The number of nitrogens with two attached hydrogens (primary N) is 1. The van der Waals surface area contributed by atoms with Crippen LogP contribution in [0.25, 0.3) is 11.2 Å². The molecule has 0 radical (unpaired) electrons. The smallest absolute Gasteiger partial charge is 0.225 e. The zero-order valence-corrected chi connectivity index (χ0v) is 19.9. The zero-order valence-electron chi connectivity index (χ0n) is 18.4. The number of carbonyl (C=O) groups excluding carboxylic acids is 1. The second kappa shape index (κ2) is 10.0. The number of nitrogens with zero attached hydrogens (tertiary/aromatic N) is 5. The molecule has 1 amide bonds. The van der Waals surface area contributed by atoms with Gasteiger partial charge in [-0.05, 0) is 44.7 Å². The SMILES string of the molecule is CC(CO)Nc1ncc2nc(Nc3c(Cl)cc(C#N)cc3Cl)n(C3CCC(C(N)=O)CC3)c2n1. The zero-order chi connectivity index (χ0) is 24.4. The van der Waals surface area contributed by atoms with Crippen LogP contribution in [0.5, 0.6) is 0 Å². The lowest BCUT2D eigenvalue weighted by Crippen LogP contribution is -2.29. The van der Waals surface area contributed by atoms with Crippen LogP contribution in [-0.4, -0.2) is 43.2 Å². The van der Waals surface area contributed by atoms with E-state index >= 15 is 0 Å². The number of hydrogen-bond acceptors (Lipinski definition) is 8. The Balaban J connectivity index is 1.77. The molecule has 0 saturated heterocycles. The number of anilines is 3. The van der Waals surface area contributed by atoms with Crippen molar-refractivity contribution in [3.8, 4) is 6.07 Å². The maximum absolute atomic E-state index is 11.7.